The summed E-state index contributed by atoms with van der Waals surface area (Å²) < 4.78 is 28.5. The Morgan fingerprint density at radius 3 is 2.52 bits per heavy atom. The molecule has 0 saturated heterocycles. The van der Waals surface area contributed by atoms with Crippen molar-refractivity contribution in [3.05, 3.63) is 59.9 Å². The molecule has 2 rings (SSSR count). The van der Waals surface area contributed by atoms with Crippen molar-refractivity contribution in [3.63, 3.8) is 0 Å². The van der Waals surface area contributed by atoms with Crippen molar-refractivity contribution in [2.24, 2.45) is 0 Å². The van der Waals surface area contributed by atoms with Crippen molar-refractivity contribution < 1.29 is 23.4 Å². The number of carbonyl (C=O) groups excluding carboxylic acids is 1. The second-order valence-electron chi connectivity index (χ2n) is 4.55. The van der Waals surface area contributed by atoms with Crippen LogP contribution in [0.5, 0.6) is 17.2 Å². The van der Waals surface area contributed by atoms with Crippen LogP contribution in [-0.4, -0.2) is 19.7 Å². The third-order valence-corrected chi connectivity index (χ3v) is 2.93. The standard InChI is InChI=1S/C18H17FO4/c1-3-22-16-10-4-13(12-17(16)21-2)5-11-18(20)23-15-8-6-14(19)7-9-15/h4-12H,3H2,1-2H3/b11-5+. The number of ether oxygens (including phenoxy) is 3. The minimum Gasteiger partial charge on any atom is -0.493 e. The van der Waals surface area contributed by atoms with E-state index >= 15 is 0 Å². The fourth-order valence-corrected chi connectivity index (χ4v) is 1.88. The van der Waals surface area contributed by atoms with Gasteiger partial charge in [0.1, 0.15) is 11.6 Å². The van der Waals surface area contributed by atoms with Crippen LogP contribution in [0.25, 0.3) is 6.08 Å². The Labute approximate surface area is 134 Å². The molecule has 5 heteroatoms. The molecule has 4 nitrogen and oxygen atoms in total. The van der Waals surface area contributed by atoms with Gasteiger partial charge in [-0.1, -0.05) is 6.07 Å². The van der Waals surface area contributed by atoms with Crippen molar-refractivity contribution >= 4 is 12.0 Å². The minimum absolute atomic E-state index is 0.283. The highest BCUT2D eigenvalue weighted by atomic mass is 19.1. The summed E-state index contributed by atoms with van der Waals surface area (Å²) in [6.45, 7) is 2.42. The highest BCUT2D eigenvalue weighted by Gasteiger charge is 2.05. The van der Waals surface area contributed by atoms with E-state index in [1.807, 2.05) is 6.92 Å². The fraction of sp³-hybridized carbons (Fsp3) is 0.167. The van der Waals surface area contributed by atoms with Crippen LogP contribution in [0.15, 0.2) is 48.5 Å². The Morgan fingerprint density at radius 1 is 1.13 bits per heavy atom. The molecule has 0 radical (unpaired) electrons. The molecule has 23 heavy (non-hydrogen) atoms. The van der Waals surface area contributed by atoms with Gasteiger partial charge in [0, 0.05) is 6.08 Å². The van der Waals surface area contributed by atoms with Gasteiger partial charge in [0.2, 0.25) is 0 Å². The average molecular weight is 316 g/mol. The van der Waals surface area contributed by atoms with Gasteiger partial charge in [-0.25, -0.2) is 9.18 Å². The molecule has 0 aliphatic heterocycles. The van der Waals surface area contributed by atoms with Crippen LogP contribution in [0, 0.1) is 5.82 Å². The molecule has 2 aromatic carbocycles. The molecule has 0 unspecified atom stereocenters. The van der Waals surface area contributed by atoms with E-state index in [1.54, 1.807) is 31.4 Å². The summed E-state index contributed by atoms with van der Waals surface area (Å²) in [5, 5.41) is 0. The first-order valence-electron chi connectivity index (χ1n) is 7.08. The number of carbonyl (C=O) groups is 1. The van der Waals surface area contributed by atoms with Crippen LogP contribution in [0.3, 0.4) is 0 Å². The fourth-order valence-electron chi connectivity index (χ4n) is 1.88. The van der Waals surface area contributed by atoms with Gasteiger partial charge >= 0.3 is 5.97 Å². The summed E-state index contributed by atoms with van der Waals surface area (Å²) >= 11 is 0. The van der Waals surface area contributed by atoms with Crippen LogP contribution in [0.4, 0.5) is 4.39 Å². The quantitative estimate of drug-likeness (QED) is 0.461. The van der Waals surface area contributed by atoms with Crippen molar-refractivity contribution in [2.75, 3.05) is 13.7 Å². The SMILES string of the molecule is CCOc1ccc(/C=C/C(=O)Oc2ccc(F)cc2)cc1OC. The van der Waals surface area contributed by atoms with Gasteiger partial charge in [-0.2, -0.15) is 0 Å². The second kappa shape index (κ2) is 7.98. The Morgan fingerprint density at radius 2 is 1.87 bits per heavy atom. The van der Waals surface area contributed by atoms with Gasteiger partial charge in [0.25, 0.3) is 0 Å². The smallest absolute Gasteiger partial charge is 0.336 e. The van der Waals surface area contributed by atoms with Gasteiger partial charge < -0.3 is 14.2 Å². The molecule has 0 fully saturated rings. The Bertz CT molecular complexity index is 693. The molecule has 0 spiro atoms. The summed E-state index contributed by atoms with van der Waals surface area (Å²) in [6, 6.07) is 10.6. The van der Waals surface area contributed by atoms with Gasteiger partial charge in [0.15, 0.2) is 11.5 Å². The summed E-state index contributed by atoms with van der Waals surface area (Å²) in [5.41, 5.74) is 0.765. The highest BCUT2D eigenvalue weighted by molar-refractivity contribution is 5.88. The number of halogens is 1. The maximum absolute atomic E-state index is 12.8. The first-order valence-corrected chi connectivity index (χ1v) is 7.08. The third-order valence-electron chi connectivity index (χ3n) is 2.93. The van der Waals surface area contributed by atoms with E-state index < -0.39 is 5.97 Å². The Kier molecular flexibility index (Phi) is 5.74. The highest BCUT2D eigenvalue weighted by Crippen LogP contribution is 2.28. The van der Waals surface area contributed by atoms with Crippen LogP contribution >= 0.6 is 0 Å². The van der Waals surface area contributed by atoms with Crippen LogP contribution in [0.1, 0.15) is 12.5 Å². The summed E-state index contributed by atoms with van der Waals surface area (Å²) in [6.07, 6.45) is 2.89. The predicted octanol–water partition coefficient (Wildman–Crippen LogP) is 3.85. The van der Waals surface area contributed by atoms with E-state index in [4.69, 9.17) is 14.2 Å². The van der Waals surface area contributed by atoms with E-state index in [0.717, 1.165) is 5.56 Å². The molecule has 0 aliphatic carbocycles. The molecule has 0 amide bonds. The number of esters is 1. The van der Waals surface area contributed by atoms with Gasteiger partial charge in [-0.15, -0.1) is 0 Å². The summed E-state index contributed by atoms with van der Waals surface area (Å²) in [4.78, 5) is 11.7. The van der Waals surface area contributed by atoms with Crippen molar-refractivity contribution in [3.8, 4) is 17.2 Å². The van der Waals surface area contributed by atoms with E-state index in [0.29, 0.717) is 18.1 Å². The lowest BCUT2D eigenvalue weighted by Gasteiger charge is -2.09. The molecule has 0 heterocycles. The first-order chi connectivity index (χ1) is 11.1. The largest absolute Gasteiger partial charge is 0.493 e. The van der Waals surface area contributed by atoms with Gasteiger partial charge in [0.05, 0.1) is 13.7 Å². The topological polar surface area (TPSA) is 44.8 Å². The van der Waals surface area contributed by atoms with E-state index in [2.05, 4.69) is 0 Å². The molecule has 0 saturated carbocycles. The lowest BCUT2D eigenvalue weighted by atomic mass is 10.2. The average Bonchev–Trinajstić information content (AvgIpc) is 2.56. The van der Waals surface area contributed by atoms with Crippen LogP contribution < -0.4 is 14.2 Å². The van der Waals surface area contributed by atoms with E-state index in [1.165, 1.54) is 30.3 Å². The molecule has 0 aromatic heterocycles. The molecule has 0 atom stereocenters. The predicted molar refractivity (Wildman–Crippen MR) is 85.2 cm³/mol. The monoisotopic (exact) mass is 316 g/mol. The van der Waals surface area contributed by atoms with Gasteiger partial charge in [-0.3, -0.25) is 0 Å². The zero-order valence-corrected chi connectivity index (χ0v) is 12.9. The van der Waals surface area contributed by atoms with Crippen molar-refractivity contribution in [1.29, 1.82) is 0 Å². The number of rotatable bonds is 6. The minimum atomic E-state index is -0.551. The lowest BCUT2D eigenvalue weighted by molar-refractivity contribution is -0.128. The van der Waals surface area contributed by atoms with Crippen molar-refractivity contribution in [1.82, 2.24) is 0 Å². The number of methoxy groups -OCH3 is 1. The molecule has 0 N–H and O–H groups in total. The zero-order chi connectivity index (χ0) is 16.7. The Hall–Kier alpha value is -2.82. The van der Waals surface area contributed by atoms with Crippen molar-refractivity contribution in [2.45, 2.75) is 6.92 Å². The van der Waals surface area contributed by atoms with Gasteiger partial charge in [-0.05, 0) is 55.0 Å². The molecular weight excluding hydrogens is 299 g/mol. The number of benzene rings is 2. The number of hydrogen-bond acceptors (Lipinski definition) is 4. The Balaban J connectivity index is 2.04. The molecular formula is C18H17FO4. The summed E-state index contributed by atoms with van der Waals surface area (Å²) in [7, 11) is 1.55. The lowest BCUT2D eigenvalue weighted by Crippen LogP contribution is -2.03. The maximum atomic E-state index is 12.8. The van der Waals surface area contributed by atoms with Crippen LogP contribution in [-0.2, 0) is 4.79 Å². The maximum Gasteiger partial charge on any atom is 0.336 e. The van der Waals surface area contributed by atoms with E-state index in [-0.39, 0.29) is 11.6 Å². The molecule has 0 bridgehead atoms. The molecule has 120 valence electrons. The zero-order valence-electron chi connectivity index (χ0n) is 12.9. The van der Waals surface area contributed by atoms with E-state index in [9.17, 15) is 9.18 Å². The first kappa shape index (κ1) is 16.5. The summed E-state index contributed by atoms with van der Waals surface area (Å²) in [5.74, 6) is 0.568. The van der Waals surface area contributed by atoms with Crippen LogP contribution in [0.2, 0.25) is 0 Å². The molecule has 0 aliphatic rings. The normalized spacial score (nSPS) is 10.6. The second-order valence-corrected chi connectivity index (χ2v) is 4.55. The molecule has 2 aromatic rings. The third kappa shape index (κ3) is 4.85. The number of hydrogen-bond donors (Lipinski definition) is 0.